The van der Waals surface area contributed by atoms with Crippen LogP contribution in [0.1, 0.15) is 24.1 Å². The van der Waals surface area contributed by atoms with E-state index in [1.807, 2.05) is 7.05 Å². The Bertz CT molecular complexity index is 391. The van der Waals surface area contributed by atoms with Gasteiger partial charge >= 0.3 is 0 Å². The number of anilines is 1. The van der Waals surface area contributed by atoms with Crippen molar-refractivity contribution in [3.05, 3.63) is 23.4 Å². The van der Waals surface area contributed by atoms with Crippen molar-refractivity contribution in [3.8, 4) is 0 Å². The molecule has 0 unspecified atom stereocenters. The molecule has 0 spiro atoms. The van der Waals surface area contributed by atoms with Gasteiger partial charge in [0.25, 0.3) is 0 Å². The van der Waals surface area contributed by atoms with Crippen molar-refractivity contribution in [1.82, 2.24) is 10.3 Å². The van der Waals surface area contributed by atoms with E-state index in [0.717, 1.165) is 31.2 Å². The van der Waals surface area contributed by atoms with Crippen LogP contribution < -0.4 is 10.2 Å². The summed E-state index contributed by atoms with van der Waals surface area (Å²) in [6, 6.07) is 4.98. The molecule has 2 rings (SSSR count). The quantitative estimate of drug-likeness (QED) is 0.798. The van der Waals surface area contributed by atoms with Gasteiger partial charge in [-0.3, -0.25) is 0 Å². The molecular formula is C14H23N3O. The Hall–Kier alpha value is -1.13. The monoisotopic (exact) mass is 249 g/mol. The molecule has 4 heteroatoms. The summed E-state index contributed by atoms with van der Waals surface area (Å²) in [7, 11) is 3.71. The number of rotatable bonds is 7. The van der Waals surface area contributed by atoms with Gasteiger partial charge in [-0.15, -0.1) is 0 Å². The van der Waals surface area contributed by atoms with Crippen LogP contribution in [0.2, 0.25) is 0 Å². The molecule has 1 fully saturated rings. The first-order valence-corrected chi connectivity index (χ1v) is 6.63. The number of hydrogen-bond acceptors (Lipinski definition) is 4. The van der Waals surface area contributed by atoms with Crippen molar-refractivity contribution < 1.29 is 4.74 Å². The minimum Gasteiger partial charge on any atom is -0.383 e. The SMILES string of the molecule is CNCc1ccc(N(CCOC)C2CC2)nc1C. The van der Waals surface area contributed by atoms with E-state index in [1.165, 1.54) is 18.4 Å². The minimum absolute atomic E-state index is 0.669. The summed E-state index contributed by atoms with van der Waals surface area (Å²) in [6.07, 6.45) is 2.56. The summed E-state index contributed by atoms with van der Waals surface area (Å²) < 4.78 is 5.18. The number of hydrogen-bond donors (Lipinski definition) is 1. The Labute approximate surface area is 109 Å². The Morgan fingerprint density at radius 1 is 1.44 bits per heavy atom. The number of methoxy groups -OCH3 is 1. The molecule has 1 aromatic heterocycles. The average molecular weight is 249 g/mol. The summed E-state index contributed by atoms with van der Waals surface area (Å²) in [5.74, 6) is 1.09. The molecule has 4 nitrogen and oxygen atoms in total. The topological polar surface area (TPSA) is 37.4 Å². The maximum absolute atomic E-state index is 5.18. The van der Waals surface area contributed by atoms with E-state index >= 15 is 0 Å². The highest BCUT2D eigenvalue weighted by Crippen LogP contribution is 2.30. The predicted molar refractivity (Wildman–Crippen MR) is 74.0 cm³/mol. The summed E-state index contributed by atoms with van der Waals surface area (Å²) in [5.41, 5.74) is 2.38. The van der Waals surface area contributed by atoms with Crippen LogP contribution in [-0.4, -0.2) is 38.3 Å². The summed E-state index contributed by atoms with van der Waals surface area (Å²) in [4.78, 5) is 7.11. The standard InChI is InChI=1S/C14H23N3O/c1-11-12(10-15-2)4-7-14(16-11)17(8-9-18-3)13-5-6-13/h4,7,13,15H,5-6,8-10H2,1-3H3. The molecule has 1 aliphatic carbocycles. The molecule has 0 bridgehead atoms. The molecule has 1 saturated carbocycles. The first kappa shape index (κ1) is 13.3. The first-order valence-electron chi connectivity index (χ1n) is 6.63. The van der Waals surface area contributed by atoms with Gasteiger partial charge in [0.1, 0.15) is 5.82 Å². The van der Waals surface area contributed by atoms with E-state index in [-0.39, 0.29) is 0 Å². The van der Waals surface area contributed by atoms with Gasteiger partial charge in [-0.25, -0.2) is 4.98 Å². The number of aryl methyl sites for hydroxylation is 1. The second kappa shape index (κ2) is 6.16. The minimum atomic E-state index is 0.669. The van der Waals surface area contributed by atoms with E-state index in [4.69, 9.17) is 9.72 Å². The number of nitrogens with one attached hydrogen (secondary N) is 1. The number of nitrogens with zero attached hydrogens (tertiary/aromatic N) is 2. The van der Waals surface area contributed by atoms with Crippen LogP contribution in [0.15, 0.2) is 12.1 Å². The predicted octanol–water partition coefficient (Wildman–Crippen LogP) is 1.72. The van der Waals surface area contributed by atoms with Crippen molar-refractivity contribution in [2.45, 2.75) is 32.4 Å². The average Bonchev–Trinajstić information content (AvgIpc) is 3.17. The van der Waals surface area contributed by atoms with Gasteiger partial charge in [0, 0.05) is 31.9 Å². The van der Waals surface area contributed by atoms with Gasteiger partial charge in [0.05, 0.1) is 6.61 Å². The Balaban J connectivity index is 2.12. The summed E-state index contributed by atoms with van der Waals surface area (Å²) in [5, 5.41) is 3.17. The summed E-state index contributed by atoms with van der Waals surface area (Å²) >= 11 is 0. The summed E-state index contributed by atoms with van der Waals surface area (Å²) in [6.45, 7) is 4.65. The fourth-order valence-corrected chi connectivity index (χ4v) is 2.17. The zero-order valence-electron chi connectivity index (χ0n) is 11.6. The molecule has 0 radical (unpaired) electrons. The molecule has 100 valence electrons. The molecule has 1 heterocycles. The van der Waals surface area contributed by atoms with E-state index in [9.17, 15) is 0 Å². The second-order valence-corrected chi connectivity index (χ2v) is 4.86. The van der Waals surface area contributed by atoms with Crippen LogP contribution in [0.3, 0.4) is 0 Å². The molecule has 0 atom stereocenters. The molecule has 1 aromatic rings. The highest BCUT2D eigenvalue weighted by atomic mass is 16.5. The third-order valence-corrected chi connectivity index (χ3v) is 3.37. The van der Waals surface area contributed by atoms with Crippen LogP contribution in [0.4, 0.5) is 5.82 Å². The highest BCUT2D eigenvalue weighted by molar-refractivity contribution is 5.44. The number of pyridine rings is 1. The molecule has 0 amide bonds. The van der Waals surface area contributed by atoms with Crippen LogP contribution in [-0.2, 0) is 11.3 Å². The van der Waals surface area contributed by atoms with Gasteiger partial charge in [-0.1, -0.05) is 6.07 Å². The molecule has 18 heavy (non-hydrogen) atoms. The molecule has 0 aliphatic heterocycles. The third-order valence-electron chi connectivity index (χ3n) is 3.37. The lowest BCUT2D eigenvalue weighted by Crippen LogP contribution is -2.30. The maximum Gasteiger partial charge on any atom is 0.129 e. The van der Waals surface area contributed by atoms with Crippen LogP contribution in [0.5, 0.6) is 0 Å². The van der Waals surface area contributed by atoms with E-state index in [1.54, 1.807) is 7.11 Å². The second-order valence-electron chi connectivity index (χ2n) is 4.86. The molecule has 1 N–H and O–H groups in total. The van der Waals surface area contributed by atoms with Crippen LogP contribution in [0.25, 0.3) is 0 Å². The lowest BCUT2D eigenvalue weighted by molar-refractivity contribution is 0.204. The fraction of sp³-hybridized carbons (Fsp3) is 0.643. The normalized spacial score (nSPS) is 14.8. The first-order chi connectivity index (χ1) is 8.76. The van der Waals surface area contributed by atoms with Crippen molar-refractivity contribution in [3.63, 3.8) is 0 Å². The van der Waals surface area contributed by atoms with E-state index in [2.05, 4.69) is 29.3 Å². The molecular weight excluding hydrogens is 226 g/mol. The van der Waals surface area contributed by atoms with Gasteiger partial charge in [0.2, 0.25) is 0 Å². The van der Waals surface area contributed by atoms with Crippen molar-refractivity contribution >= 4 is 5.82 Å². The highest BCUT2D eigenvalue weighted by Gasteiger charge is 2.29. The smallest absolute Gasteiger partial charge is 0.129 e. The number of aromatic nitrogens is 1. The Morgan fingerprint density at radius 2 is 2.22 bits per heavy atom. The van der Waals surface area contributed by atoms with Crippen LogP contribution in [0, 0.1) is 6.92 Å². The molecule has 0 aromatic carbocycles. The van der Waals surface area contributed by atoms with Gasteiger partial charge in [-0.05, 0) is 38.4 Å². The fourth-order valence-electron chi connectivity index (χ4n) is 2.17. The Morgan fingerprint density at radius 3 is 2.78 bits per heavy atom. The molecule has 1 aliphatic rings. The lowest BCUT2D eigenvalue weighted by Gasteiger charge is -2.24. The zero-order valence-corrected chi connectivity index (χ0v) is 11.6. The van der Waals surface area contributed by atoms with E-state index in [0.29, 0.717) is 6.04 Å². The van der Waals surface area contributed by atoms with Crippen molar-refractivity contribution in [1.29, 1.82) is 0 Å². The van der Waals surface area contributed by atoms with Gasteiger partial charge < -0.3 is 15.0 Å². The molecule has 0 saturated heterocycles. The zero-order chi connectivity index (χ0) is 13.0. The number of ether oxygens (including phenoxy) is 1. The van der Waals surface area contributed by atoms with Gasteiger partial charge in [0.15, 0.2) is 0 Å². The lowest BCUT2D eigenvalue weighted by atomic mass is 10.2. The largest absolute Gasteiger partial charge is 0.383 e. The third kappa shape index (κ3) is 3.21. The van der Waals surface area contributed by atoms with Crippen molar-refractivity contribution in [2.75, 3.05) is 32.2 Å². The van der Waals surface area contributed by atoms with Gasteiger partial charge in [-0.2, -0.15) is 0 Å². The maximum atomic E-state index is 5.18. The Kier molecular flexibility index (Phi) is 4.55. The van der Waals surface area contributed by atoms with Crippen molar-refractivity contribution in [2.24, 2.45) is 0 Å². The van der Waals surface area contributed by atoms with E-state index < -0.39 is 0 Å². The van der Waals surface area contributed by atoms with Crippen LogP contribution >= 0.6 is 0 Å².